The van der Waals surface area contributed by atoms with Gasteiger partial charge in [0.05, 0.1) is 0 Å². The first-order valence-electron chi connectivity index (χ1n) is 10.8. The number of nitrogens with zero attached hydrogens (tertiary/aromatic N) is 2. The summed E-state index contributed by atoms with van der Waals surface area (Å²) in [6, 6.07) is 0. The van der Waals surface area contributed by atoms with Crippen LogP contribution in [0.25, 0.3) is 0 Å². The molecule has 2 aliphatic rings. The summed E-state index contributed by atoms with van der Waals surface area (Å²) >= 11 is 0. The smallest absolute Gasteiger partial charge is 0.380 e. The summed E-state index contributed by atoms with van der Waals surface area (Å²) in [5.41, 5.74) is 0.121. The molecule has 1 unspecified atom stereocenters. The zero-order valence-corrected chi connectivity index (χ0v) is 18.8. The quantitative estimate of drug-likeness (QED) is 0.384. The van der Waals surface area contributed by atoms with Crippen molar-refractivity contribution < 1.29 is 24.3 Å². The van der Waals surface area contributed by atoms with Crippen LogP contribution in [0.15, 0.2) is 72.9 Å². The van der Waals surface area contributed by atoms with Gasteiger partial charge in [-0.1, -0.05) is 76.6 Å². The Labute approximate surface area is 204 Å². The van der Waals surface area contributed by atoms with Crippen molar-refractivity contribution in [2.75, 3.05) is 13.1 Å². The molecular formula is C27H40N2O5. The average Bonchev–Trinajstić information content (AvgIpc) is 3.11. The highest BCUT2D eigenvalue weighted by Gasteiger charge is 2.44. The Bertz CT molecular complexity index is 859. The number of hydroxylamine groups is 2. The fraction of sp³-hybridized carbons (Fsp3) is 0.444. The number of hydrogen-bond donors (Lipinski definition) is 1. The molecule has 0 spiro atoms. The molecule has 2 rings (SSSR count). The Morgan fingerprint density at radius 1 is 1.03 bits per heavy atom. The lowest BCUT2D eigenvalue weighted by molar-refractivity contribution is -0.174. The number of amides is 3. The number of imide groups is 1. The van der Waals surface area contributed by atoms with Gasteiger partial charge in [-0.05, 0) is 43.8 Å². The van der Waals surface area contributed by atoms with Gasteiger partial charge in [0.25, 0.3) is 11.8 Å². The summed E-state index contributed by atoms with van der Waals surface area (Å²) in [6.45, 7) is 11.9. The van der Waals surface area contributed by atoms with Crippen LogP contribution in [0.1, 0.15) is 54.4 Å². The first-order chi connectivity index (χ1) is 15.3. The van der Waals surface area contributed by atoms with E-state index >= 15 is 0 Å². The minimum absolute atomic E-state index is 0. The van der Waals surface area contributed by atoms with E-state index in [0.29, 0.717) is 36.6 Å². The van der Waals surface area contributed by atoms with Crippen LogP contribution in [0.5, 0.6) is 0 Å². The van der Waals surface area contributed by atoms with Crippen LogP contribution in [0.2, 0.25) is 0 Å². The fourth-order valence-electron chi connectivity index (χ4n) is 4.14. The molecule has 0 aromatic heterocycles. The van der Waals surface area contributed by atoms with Crippen molar-refractivity contribution in [2.24, 2.45) is 5.92 Å². The van der Waals surface area contributed by atoms with Gasteiger partial charge in [0.15, 0.2) is 0 Å². The highest BCUT2D eigenvalue weighted by atomic mass is 16.7. The minimum atomic E-state index is -1.30. The number of likely N-dealkylation sites (tertiary alicyclic amines) is 1. The summed E-state index contributed by atoms with van der Waals surface area (Å²) in [5, 5.41) is 12.6. The number of allylic oxidation sites excluding steroid dienone is 6. The molecule has 3 amide bonds. The normalized spacial score (nSPS) is 19.6. The SMILES string of the molecule is C.C.C=C/C=C\C(=C/C)C(O)(C(/C=C\C)=C/C=C)C1CCN(C(=O)ON2C(=O)CCC2=O)CC1. The van der Waals surface area contributed by atoms with Crippen LogP contribution in [0, 0.1) is 5.92 Å². The molecular weight excluding hydrogens is 432 g/mol. The van der Waals surface area contributed by atoms with Gasteiger partial charge in [-0.15, -0.1) is 5.06 Å². The van der Waals surface area contributed by atoms with Crippen LogP contribution in [0.3, 0.4) is 0 Å². The van der Waals surface area contributed by atoms with Crippen molar-refractivity contribution in [3.8, 4) is 0 Å². The summed E-state index contributed by atoms with van der Waals surface area (Å²) in [7, 11) is 0. The molecule has 0 aromatic carbocycles. The van der Waals surface area contributed by atoms with E-state index < -0.39 is 23.5 Å². The van der Waals surface area contributed by atoms with Crippen LogP contribution in [-0.2, 0) is 14.4 Å². The summed E-state index contributed by atoms with van der Waals surface area (Å²) in [5.74, 6) is -1.21. The van der Waals surface area contributed by atoms with E-state index in [0.717, 1.165) is 5.57 Å². The predicted molar refractivity (Wildman–Crippen MR) is 136 cm³/mol. The van der Waals surface area contributed by atoms with Crippen molar-refractivity contribution >= 4 is 17.9 Å². The Hall–Kier alpha value is -3.19. The molecule has 0 bridgehead atoms. The van der Waals surface area contributed by atoms with E-state index in [-0.39, 0.29) is 33.6 Å². The molecule has 7 heteroatoms. The van der Waals surface area contributed by atoms with Crippen molar-refractivity contribution in [3.05, 3.63) is 72.9 Å². The Morgan fingerprint density at radius 2 is 1.62 bits per heavy atom. The Balaban J connectivity index is 0.00000544. The van der Waals surface area contributed by atoms with Crippen LogP contribution < -0.4 is 0 Å². The number of carbonyl (C=O) groups is 3. The van der Waals surface area contributed by atoms with E-state index in [1.165, 1.54) is 4.90 Å². The average molecular weight is 473 g/mol. The predicted octanol–water partition coefficient (Wildman–Crippen LogP) is 5.28. The summed E-state index contributed by atoms with van der Waals surface area (Å²) in [6.07, 6.45) is 14.6. The fourth-order valence-corrected chi connectivity index (χ4v) is 4.14. The van der Waals surface area contributed by atoms with Gasteiger partial charge in [0.2, 0.25) is 0 Å². The van der Waals surface area contributed by atoms with Crippen molar-refractivity contribution in [1.29, 1.82) is 0 Å². The molecule has 2 heterocycles. The standard InChI is InChI=1S/C25H32N2O5.2CH4/c1-5-9-12-19(8-4)25(31,20(10-6-2)11-7-3)21-15-17-26(18-16-21)24(30)32-27-22(28)13-14-23(27)29;;/h5-12,21,31H,1-2,13-18H2,3-4H3;2*1H4/b11-7-,12-9-,19-8+,20-10+;;. The van der Waals surface area contributed by atoms with Gasteiger partial charge in [-0.25, -0.2) is 4.79 Å². The first-order valence-corrected chi connectivity index (χ1v) is 10.8. The molecule has 0 aromatic rings. The maximum absolute atomic E-state index is 12.5. The second kappa shape index (κ2) is 14.2. The van der Waals surface area contributed by atoms with E-state index in [9.17, 15) is 19.5 Å². The van der Waals surface area contributed by atoms with Gasteiger partial charge in [-0.3, -0.25) is 9.59 Å². The second-order valence-electron chi connectivity index (χ2n) is 7.66. The van der Waals surface area contributed by atoms with Gasteiger partial charge < -0.3 is 14.8 Å². The lowest BCUT2D eigenvalue weighted by Gasteiger charge is -2.43. The van der Waals surface area contributed by atoms with Crippen LogP contribution in [-0.4, -0.2) is 51.7 Å². The zero-order chi connectivity index (χ0) is 23.7. The summed E-state index contributed by atoms with van der Waals surface area (Å²) in [4.78, 5) is 42.4. The van der Waals surface area contributed by atoms with Crippen molar-refractivity contribution in [1.82, 2.24) is 9.96 Å². The largest absolute Gasteiger partial charge is 0.434 e. The lowest BCUT2D eigenvalue weighted by atomic mass is 9.70. The first kappa shape index (κ1) is 30.8. The van der Waals surface area contributed by atoms with Gasteiger partial charge in [0, 0.05) is 25.9 Å². The molecule has 2 saturated heterocycles. The van der Waals surface area contributed by atoms with E-state index in [4.69, 9.17) is 4.84 Å². The molecule has 0 aliphatic carbocycles. The molecule has 34 heavy (non-hydrogen) atoms. The van der Waals surface area contributed by atoms with E-state index in [2.05, 4.69) is 13.2 Å². The topological polar surface area (TPSA) is 87.2 Å². The molecule has 2 aliphatic heterocycles. The maximum atomic E-state index is 12.5. The van der Waals surface area contributed by atoms with Gasteiger partial charge in [-0.2, -0.15) is 0 Å². The minimum Gasteiger partial charge on any atom is -0.380 e. The second-order valence-corrected chi connectivity index (χ2v) is 7.66. The maximum Gasteiger partial charge on any atom is 0.434 e. The molecule has 2 fully saturated rings. The highest BCUT2D eigenvalue weighted by Crippen LogP contribution is 2.41. The molecule has 0 saturated carbocycles. The Kier molecular flexibility index (Phi) is 12.8. The number of carbonyl (C=O) groups excluding carboxylic acids is 3. The van der Waals surface area contributed by atoms with Gasteiger partial charge in [0.1, 0.15) is 5.60 Å². The molecule has 188 valence electrons. The van der Waals surface area contributed by atoms with Crippen LogP contribution >= 0.6 is 0 Å². The number of hydrogen-bond acceptors (Lipinski definition) is 5. The monoisotopic (exact) mass is 472 g/mol. The van der Waals surface area contributed by atoms with E-state index in [1.807, 2.05) is 38.2 Å². The van der Waals surface area contributed by atoms with Gasteiger partial charge >= 0.3 is 6.09 Å². The molecule has 1 atom stereocenters. The van der Waals surface area contributed by atoms with E-state index in [1.54, 1.807) is 24.3 Å². The number of rotatable bonds is 8. The zero-order valence-electron chi connectivity index (χ0n) is 18.8. The third-order valence-corrected chi connectivity index (χ3v) is 5.77. The molecule has 1 N–H and O–H groups in total. The van der Waals surface area contributed by atoms with Crippen molar-refractivity contribution in [2.45, 2.75) is 60.0 Å². The van der Waals surface area contributed by atoms with Crippen molar-refractivity contribution in [3.63, 3.8) is 0 Å². The Morgan fingerprint density at radius 3 is 2.09 bits per heavy atom. The third-order valence-electron chi connectivity index (χ3n) is 5.77. The van der Waals surface area contributed by atoms with Crippen LogP contribution in [0.4, 0.5) is 4.79 Å². The molecule has 7 nitrogen and oxygen atoms in total. The summed E-state index contributed by atoms with van der Waals surface area (Å²) < 4.78 is 0. The number of piperidine rings is 1. The third kappa shape index (κ3) is 6.67. The molecule has 0 radical (unpaired) electrons. The number of aliphatic hydroxyl groups is 1. The lowest BCUT2D eigenvalue weighted by Crippen LogP contribution is -2.49. The highest BCUT2D eigenvalue weighted by molar-refractivity contribution is 6.01.